The molecule has 0 N–H and O–H groups in total. The fourth-order valence-corrected chi connectivity index (χ4v) is 5.73. The van der Waals surface area contributed by atoms with Gasteiger partial charge in [-0.25, -0.2) is 8.42 Å². The zero-order valence-electron chi connectivity index (χ0n) is 14.5. The Morgan fingerprint density at radius 3 is 2.72 bits per heavy atom. The molecule has 0 amide bonds. The molecule has 136 valence electrons. The number of carbonyl (C=O) groups excluding carboxylic acids is 1. The number of hydrogen-bond acceptors (Lipinski definition) is 8. The Kier molecular flexibility index (Phi) is 4.80. The molecule has 25 heavy (non-hydrogen) atoms. The number of methoxy groups -OCH3 is 1. The summed E-state index contributed by atoms with van der Waals surface area (Å²) in [4.78, 5) is 14.2. The molecular weight excluding hydrogens is 364 g/mol. The van der Waals surface area contributed by atoms with Crippen molar-refractivity contribution < 1.29 is 17.9 Å². The average molecular weight is 384 g/mol. The molecule has 8 nitrogen and oxygen atoms in total. The highest BCUT2D eigenvalue weighted by molar-refractivity contribution is 7.89. The molecule has 1 aliphatic rings. The number of likely N-dealkylation sites (N-methyl/N-ethyl adjacent to an activating group) is 1. The minimum atomic E-state index is -3.93. The zero-order valence-corrected chi connectivity index (χ0v) is 16.1. The first-order valence-corrected chi connectivity index (χ1v) is 9.92. The van der Waals surface area contributed by atoms with Gasteiger partial charge in [0.2, 0.25) is 10.0 Å². The van der Waals surface area contributed by atoms with Crippen molar-refractivity contribution in [2.45, 2.75) is 30.3 Å². The standard InChI is InChI=1S/C15H20N4O4S2/c1-9-5-6-11-13(17-24-16-11)14(9)25(21,22)19-8-10(18(2)3)7-12(19)15(20)23-4/h5-6,10,12H,7-8H2,1-4H3/t10-,12+/m1/s1. The van der Waals surface area contributed by atoms with Gasteiger partial charge in [-0.2, -0.15) is 13.1 Å². The van der Waals surface area contributed by atoms with Gasteiger partial charge in [0.25, 0.3) is 0 Å². The normalized spacial score (nSPS) is 22.0. The molecule has 2 aromatic rings. The molecule has 0 bridgehead atoms. The molecule has 2 atom stereocenters. The van der Waals surface area contributed by atoms with E-state index in [-0.39, 0.29) is 17.5 Å². The number of fused-ring (bicyclic) bond motifs is 1. The minimum absolute atomic E-state index is 0.0630. The highest BCUT2D eigenvalue weighted by Crippen LogP contribution is 2.33. The summed E-state index contributed by atoms with van der Waals surface area (Å²) < 4.78 is 41.2. The second-order valence-electron chi connectivity index (χ2n) is 6.31. The van der Waals surface area contributed by atoms with E-state index in [9.17, 15) is 13.2 Å². The SMILES string of the molecule is COC(=O)[C@@H]1C[C@@H](N(C)C)CN1S(=O)(=O)c1c(C)ccc2nsnc12. The fourth-order valence-electron chi connectivity index (χ4n) is 3.15. The van der Waals surface area contributed by atoms with E-state index in [0.717, 1.165) is 11.7 Å². The van der Waals surface area contributed by atoms with Gasteiger partial charge in [-0.05, 0) is 39.1 Å². The summed E-state index contributed by atoms with van der Waals surface area (Å²) in [6.45, 7) is 1.95. The molecule has 1 aliphatic heterocycles. The number of nitrogens with zero attached hydrogens (tertiary/aromatic N) is 4. The third-order valence-corrected chi connectivity index (χ3v) is 7.18. The summed E-state index contributed by atoms with van der Waals surface area (Å²) >= 11 is 0.969. The number of esters is 1. The van der Waals surface area contributed by atoms with Crippen molar-refractivity contribution in [1.82, 2.24) is 18.0 Å². The van der Waals surface area contributed by atoms with Crippen LogP contribution in [0, 0.1) is 6.92 Å². The Bertz CT molecular complexity index is 909. The second kappa shape index (κ2) is 6.60. The Hall–Kier alpha value is -1.62. The van der Waals surface area contributed by atoms with Gasteiger partial charge in [0.15, 0.2) is 0 Å². The van der Waals surface area contributed by atoms with Crippen LogP contribution in [0.5, 0.6) is 0 Å². The summed E-state index contributed by atoms with van der Waals surface area (Å²) in [5.41, 5.74) is 1.46. The molecule has 1 aromatic heterocycles. The van der Waals surface area contributed by atoms with E-state index in [1.54, 1.807) is 19.1 Å². The Balaban J connectivity index is 2.12. The molecule has 1 aromatic carbocycles. The fraction of sp³-hybridized carbons (Fsp3) is 0.533. The molecule has 10 heteroatoms. The number of rotatable bonds is 4. The van der Waals surface area contributed by atoms with Crippen molar-refractivity contribution in [1.29, 1.82) is 0 Å². The van der Waals surface area contributed by atoms with Crippen molar-refractivity contribution in [3.63, 3.8) is 0 Å². The highest BCUT2D eigenvalue weighted by Gasteiger charge is 2.46. The Morgan fingerprint density at radius 1 is 1.36 bits per heavy atom. The lowest BCUT2D eigenvalue weighted by atomic mass is 10.1. The molecule has 1 saturated heterocycles. The van der Waals surface area contributed by atoms with E-state index in [2.05, 4.69) is 8.75 Å². The monoisotopic (exact) mass is 384 g/mol. The maximum atomic E-state index is 13.4. The van der Waals surface area contributed by atoms with Crippen LogP contribution in [-0.4, -0.2) is 72.2 Å². The van der Waals surface area contributed by atoms with Gasteiger partial charge in [0.05, 0.1) is 18.8 Å². The first kappa shape index (κ1) is 18.2. The zero-order chi connectivity index (χ0) is 18.4. The molecular formula is C15H20N4O4S2. The minimum Gasteiger partial charge on any atom is -0.468 e. The van der Waals surface area contributed by atoms with Crippen molar-refractivity contribution >= 4 is 38.8 Å². The summed E-state index contributed by atoms with van der Waals surface area (Å²) in [5, 5.41) is 0. The van der Waals surface area contributed by atoms with Gasteiger partial charge in [-0.15, -0.1) is 0 Å². The molecule has 1 fully saturated rings. The van der Waals surface area contributed by atoms with E-state index < -0.39 is 22.0 Å². The number of aromatic nitrogens is 2. The molecule has 0 aliphatic carbocycles. The van der Waals surface area contributed by atoms with Crippen molar-refractivity contribution in [2.75, 3.05) is 27.7 Å². The average Bonchev–Trinajstić information content (AvgIpc) is 3.20. The van der Waals surface area contributed by atoms with Crippen LogP contribution < -0.4 is 0 Å². The van der Waals surface area contributed by atoms with Gasteiger partial charge in [0, 0.05) is 12.6 Å². The van der Waals surface area contributed by atoms with Gasteiger partial charge in [0.1, 0.15) is 22.0 Å². The summed E-state index contributed by atoms with van der Waals surface area (Å²) in [6, 6.07) is 2.55. The number of benzene rings is 1. The van der Waals surface area contributed by atoms with Gasteiger partial charge >= 0.3 is 5.97 Å². The predicted molar refractivity (Wildman–Crippen MR) is 93.9 cm³/mol. The number of ether oxygens (including phenoxy) is 1. The number of carbonyl (C=O) groups is 1. The lowest BCUT2D eigenvalue weighted by Gasteiger charge is -2.23. The molecule has 0 radical (unpaired) electrons. The van der Waals surface area contributed by atoms with Crippen LogP contribution in [0.25, 0.3) is 11.0 Å². The predicted octanol–water partition coefficient (Wildman–Crippen LogP) is 0.866. The van der Waals surface area contributed by atoms with Crippen LogP contribution in [0.1, 0.15) is 12.0 Å². The van der Waals surface area contributed by atoms with Crippen LogP contribution >= 0.6 is 11.7 Å². The molecule has 0 unspecified atom stereocenters. The summed E-state index contributed by atoms with van der Waals surface area (Å²) in [5.74, 6) is -0.547. The lowest BCUT2D eigenvalue weighted by molar-refractivity contribution is -0.144. The molecule has 0 saturated carbocycles. The van der Waals surface area contributed by atoms with E-state index in [0.29, 0.717) is 23.0 Å². The summed E-state index contributed by atoms with van der Waals surface area (Å²) in [6.07, 6.45) is 0.392. The highest BCUT2D eigenvalue weighted by atomic mass is 32.2. The van der Waals surface area contributed by atoms with Crippen LogP contribution in [-0.2, 0) is 19.6 Å². The van der Waals surface area contributed by atoms with Gasteiger partial charge in [-0.1, -0.05) is 6.07 Å². The van der Waals surface area contributed by atoms with Gasteiger partial charge < -0.3 is 9.64 Å². The smallest absolute Gasteiger partial charge is 0.324 e. The molecule has 2 heterocycles. The molecule has 3 rings (SSSR count). The van der Waals surface area contributed by atoms with Gasteiger partial charge in [-0.3, -0.25) is 4.79 Å². The maximum absolute atomic E-state index is 13.4. The van der Waals surface area contributed by atoms with Crippen LogP contribution in [0.4, 0.5) is 0 Å². The quantitative estimate of drug-likeness (QED) is 0.722. The first-order valence-electron chi connectivity index (χ1n) is 7.75. The maximum Gasteiger partial charge on any atom is 0.324 e. The Labute approximate surface area is 150 Å². The van der Waals surface area contributed by atoms with E-state index in [1.807, 2.05) is 19.0 Å². The summed E-state index contributed by atoms with van der Waals surface area (Å²) in [7, 11) is 1.08. The largest absolute Gasteiger partial charge is 0.468 e. The van der Waals surface area contributed by atoms with Crippen LogP contribution in [0.3, 0.4) is 0 Å². The van der Waals surface area contributed by atoms with E-state index in [1.165, 1.54) is 11.4 Å². The van der Waals surface area contributed by atoms with Crippen LogP contribution in [0.2, 0.25) is 0 Å². The third kappa shape index (κ3) is 3.03. The van der Waals surface area contributed by atoms with E-state index in [4.69, 9.17) is 4.74 Å². The van der Waals surface area contributed by atoms with Crippen molar-refractivity contribution in [2.24, 2.45) is 0 Å². The number of sulfonamides is 1. The number of aryl methyl sites for hydroxylation is 1. The number of hydrogen-bond donors (Lipinski definition) is 0. The van der Waals surface area contributed by atoms with Crippen molar-refractivity contribution in [3.8, 4) is 0 Å². The first-order chi connectivity index (χ1) is 11.8. The lowest BCUT2D eigenvalue weighted by Crippen LogP contribution is -2.41. The third-order valence-electron chi connectivity index (χ3n) is 4.58. The van der Waals surface area contributed by atoms with Crippen LogP contribution in [0.15, 0.2) is 17.0 Å². The van der Waals surface area contributed by atoms with E-state index >= 15 is 0 Å². The Morgan fingerprint density at radius 2 is 2.08 bits per heavy atom. The second-order valence-corrected chi connectivity index (χ2v) is 8.67. The topological polar surface area (TPSA) is 92.7 Å². The van der Waals surface area contributed by atoms with Crippen molar-refractivity contribution in [3.05, 3.63) is 17.7 Å². The molecule has 0 spiro atoms.